The molecule has 0 unspecified atom stereocenters. The second-order valence-corrected chi connectivity index (χ2v) is 8.13. The maximum absolute atomic E-state index is 12.7. The van der Waals surface area contributed by atoms with Gasteiger partial charge in [0.05, 0.1) is 18.1 Å². The van der Waals surface area contributed by atoms with Crippen LogP contribution in [0.2, 0.25) is 0 Å². The molecule has 1 amide bonds. The molecule has 7 nitrogen and oxygen atoms in total. The number of nitrogens with one attached hydrogen (secondary N) is 2. The Kier molecular flexibility index (Phi) is 6.41. The van der Waals surface area contributed by atoms with Gasteiger partial charge in [-0.1, -0.05) is 13.3 Å². The number of ether oxygens (including phenoxy) is 2. The first kappa shape index (κ1) is 20.0. The number of carbonyl (C=O) groups excluding carboxylic acids is 1. The summed E-state index contributed by atoms with van der Waals surface area (Å²) in [5.74, 6) is 0.778. The van der Waals surface area contributed by atoms with E-state index in [1.54, 1.807) is 30.3 Å². The second-order valence-electron chi connectivity index (χ2n) is 6.45. The van der Waals surface area contributed by atoms with E-state index in [0.29, 0.717) is 42.5 Å². The third-order valence-corrected chi connectivity index (χ3v) is 5.62. The van der Waals surface area contributed by atoms with E-state index in [1.807, 2.05) is 0 Å². The van der Waals surface area contributed by atoms with Gasteiger partial charge in [0.2, 0.25) is 0 Å². The number of anilines is 1. The summed E-state index contributed by atoms with van der Waals surface area (Å²) in [6.07, 6.45) is 2.66. The molecule has 0 fully saturated rings. The van der Waals surface area contributed by atoms with Crippen molar-refractivity contribution in [2.45, 2.75) is 31.1 Å². The maximum Gasteiger partial charge on any atom is 0.262 e. The van der Waals surface area contributed by atoms with Crippen LogP contribution in [0, 0.1) is 0 Å². The quantitative estimate of drug-likeness (QED) is 0.692. The van der Waals surface area contributed by atoms with E-state index in [2.05, 4.69) is 17.0 Å². The van der Waals surface area contributed by atoms with Crippen molar-refractivity contribution < 1.29 is 22.7 Å². The normalized spacial score (nSPS) is 13.5. The van der Waals surface area contributed by atoms with Crippen LogP contribution in [0.4, 0.5) is 5.69 Å². The molecule has 2 N–H and O–H groups in total. The molecule has 150 valence electrons. The second kappa shape index (κ2) is 8.97. The fraction of sp³-hybridized carbons (Fsp3) is 0.350. The van der Waals surface area contributed by atoms with Gasteiger partial charge < -0.3 is 14.8 Å². The van der Waals surface area contributed by atoms with Crippen LogP contribution < -0.4 is 19.5 Å². The monoisotopic (exact) mass is 404 g/mol. The van der Waals surface area contributed by atoms with Gasteiger partial charge in [-0.15, -0.1) is 0 Å². The summed E-state index contributed by atoms with van der Waals surface area (Å²) in [7, 11) is -3.80. The molecule has 28 heavy (non-hydrogen) atoms. The van der Waals surface area contributed by atoms with Crippen LogP contribution in [0.25, 0.3) is 0 Å². The smallest absolute Gasteiger partial charge is 0.262 e. The lowest BCUT2D eigenvalue weighted by atomic mass is 10.2. The maximum atomic E-state index is 12.7. The number of amides is 1. The molecular weight excluding hydrogens is 380 g/mol. The van der Waals surface area contributed by atoms with E-state index in [-0.39, 0.29) is 10.8 Å². The Balaban J connectivity index is 1.70. The summed E-state index contributed by atoms with van der Waals surface area (Å²) in [5, 5.41) is 2.82. The van der Waals surface area contributed by atoms with Gasteiger partial charge in [-0.25, -0.2) is 8.42 Å². The van der Waals surface area contributed by atoms with E-state index in [1.165, 1.54) is 12.1 Å². The molecule has 3 rings (SSSR count). The van der Waals surface area contributed by atoms with Gasteiger partial charge in [-0.3, -0.25) is 9.52 Å². The van der Waals surface area contributed by atoms with Crippen molar-refractivity contribution in [1.29, 1.82) is 0 Å². The zero-order valence-corrected chi connectivity index (χ0v) is 16.6. The average Bonchev–Trinajstić information content (AvgIpc) is 2.93. The number of carbonyl (C=O) groups is 1. The summed E-state index contributed by atoms with van der Waals surface area (Å²) in [6, 6.07) is 10.8. The molecule has 0 bridgehead atoms. The molecular formula is C20H24N2O5S. The first-order valence-electron chi connectivity index (χ1n) is 9.30. The highest BCUT2D eigenvalue weighted by Crippen LogP contribution is 2.32. The van der Waals surface area contributed by atoms with Gasteiger partial charge in [0.1, 0.15) is 0 Å². The van der Waals surface area contributed by atoms with Crippen molar-refractivity contribution in [2.75, 3.05) is 24.5 Å². The number of rotatable bonds is 7. The van der Waals surface area contributed by atoms with Crippen LogP contribution in [0.5, 0.6) is 11.5 Å². The highest BCUT2D eigenvalue weighted by Gasteiger charge is 2.19. The molecule has 0 radical (unpaired) electrons. The fourth-order valence-electron chi connectivity index (χ4n) is 2.70. The number of unbranched alkanes of at least 4 members (excludes halogenated alkanes) is 1. The van der Waals surface area contributed by atoms with Crippen LogP contribution in [0.15, 0.2) is 47.4 Å². The fourth-order valence-corrected chi connectivity index (χ4v) is 3.77. The molecule has 1 aliphatic rings. The first-order valence-corrected chi connectivity index (χ1v) is 10.8. The van der Waals surface area contributed by atoms with Crippen LogP contribution in [0.1, 0.15) is 36.5 Å². The molecule has 0 saturated heterocycles. The van der Waals surface area contributed by atoms with Crippen LogP contribution in [-0.4, -0.2) is 34.1 Å². The lowest BCUT2D eigenvalue weighted by Gasteiger charge is -2.12. The third-order valence-electron chi connectivity index (χ3n) is 4.24. The highest BCUT2D eigenvalue weighted by atomic mass is 32.2. The molecule has 1 aliphatic heterocycles. The van der Waals surface area contributed by atoms with Crippen LogP contribution in [0.3, 0.4) is 0 Å². The van der Waals surface area contributed by atoms with E-state index >= 15 is 0 Å². The molecule has 0 aromatic heterocycles. The molecule has 2 aromatic carbocycles. The van der Waals surface area contributed by atoms with Gasteiger partial charge in [-0.05, 0) is 42.8 Å². The van der Waals surface area contributed by atoms with Crippen molar-refractivity contribution in [3.05, 3.63) is 48.0 Å². The number of hydrogen-bond donors (Lipinski definition) is 2. The minimum absolute atomic E-state index is 0.0816. The van der Waals surface area contributed by atoms with Gasteiger partial charge in [0.25, 0.3) is 15.9 Å². The minimum Gasteiger partial charge on any atom is -0.490 e. The minimum atomic E-state index is -3.80. The SMILES string of the molecule is CCCCNC(=O)c1ccc(NS(=O)(=O)c2ccc3c(c2)OCCCO3)cc1. The molecule has 8 heteroatoms. The molecule has 0 saturated carbocycles. The van der Waals surface area contributed by atoms with Gasteiger partial charge in [-0.2, -0.15) is 0 Å². The van der Waals surface area contributed by atoms with E-state index in [0.717, 1.165) is 19.3 Å². The van der Waals surface area contributed by atoms with Gasteiger partial charge in [0.15, 0.2) is 11.5 Å². The highest BCUT2D eigenvalue weighted by molar-refractivity contribution is 7.92. The Hall–Kier alpha value is -2.74. The van der Waals surface area contributed by atoms with E-state index in [4.69, 9.17) is 9.47 Å². The predicted octanol–water partition coefficient (Wildman–Crippen LogP) is 3.18. The van der Waals surface area contributed by atoms with Crippen molar-refractivity contribution >= 4 is 21.6 Å². The number of benzene rings is 2. The number of hydrogen-bond acceptors (Lipinski definition) is 5. The van der Waals surface area contributed by atoms with Crippen molar-refractivity contribution in [1.82, 2.24) is 5.32 Å². The number of sulfonamides is 1. The largest absolute Gasteiger partial charge is 0.490 e. The van der Waals surface area contributed by atoms with Crippen LogP contribution in [-0.2, 0) is 10.0 Å². The number of fused-ring (bicyclic) bond motifs is 1. The van der Waals surface area contributed by atoms with Crippen molar-refractivity contribution in [2.24, 2.45) is 0 Å². The zero-order chi connectivity index (χ0) is 20.0. The predicted molar refractivity (Wildman–Crippen MR) is 107 cm³/mol. The lowest BCUT2D eigenvalue weighted by molar-refractivity contribution is 0.0953. The molecule has 0 aliphatic carbocycles. The topological polar surface area (TPSA) is 93.7 Å². The van der Waals surface area contributed by atoms with Gasteiger partial charge >= 0.3 is 0 Å². The summed E-state index contributed by atoms with van der Waals surface area (Å²) in [4.78, 5) is 12.1. The lowest BCUT2D eigenvalue weighted by Crippen LogP contribution is -2.24. The zero-order valence-electron chi connectivity index (χ0n) is 15.7. The summed E-state index contributed by atoms with van der Waals surface area (Å²) >= 11 is 0. The van der Waals surface area contributed by atoms with E-state index in [9.17, 15) is 13.2 Å². The molecule has 2 aromatic rings. The Morgan fingerprint density at radius 1 is 1.04 bits per heavy atom. The van der Waals surface area contributed by atoms with Crippen molar-refractivity contribution in [3.8, 4) is 11.5 Å². The first-order chi connectivity index (χ1) is 13.5. The standard InChI is InChI=1S/C20H24N2O5S/c1-2-3-11-21-20(23)15-5-7-16(8-6-15)22-28(24,25)17-9-10-18-19(14-17)27-13-4-12-26-18/h5-10,14,22H,2-4,11-13H2,1H3,(H,21,23). The molecule has 1 heterocycles. The van der Waals surface area contributed by atoms with Crippen molar-refractivity contribution in [3.63, 3.8) is 0 Å². The van der Waals surface area contributed by atoms with E-state index < -0.39 is 10.0 Å². The average molecular weight is 404 g/mol. The third kappa shape index (κ3) is 4.95. The summed E-state index contributed by atoms with van der Waals surface area (Å²) in [6.45, 7) is 3.69. The Morgan fingerprint density at radius 2 is 1.75 bits per heavy atom. The van der Waals surface area contributed by atoms with Gasteiger partial charge in [0, 0.05) is 30.3 Å². The summed E-state index contributed by atoms with van der Waals surface area (Å²) in [5.41, 5.74) is 0.854. The Morgan fingerprint density at radius 3 is 2.46 bits per heavy atom. The summed E-state index contributed by atoms with van der Waals surface area (Å²) < 4.78 is 39.0. The van der Waals surface area contributed by atoms with Crippen LogP contribution >= 0.6 is 0 Å². The molecule has 0 atom stereocenters. The molecule has 0 spiro atoms. The Bertz CT molecular complexity index is 926. The Labute approximate surface area is 165 Å².